The predicted octanol–water partition coefficient (Wildman–Crippen LogP) is 5.62. The lowest BCUT2D eigenvalue weighted by atomic mass is 9.99. The minimum atomic E-state index is -1.19. The van der Waals surface area contributed by atoms with Crippen LogP contribution in [0.5, 0.6) is 5.75 Å². The van der Waals surface area contributed by atoms with Crippen molar-refractivity contribution in [2.45, 2.75) is 27.7 Å². The van der Waals surface area contributed by atoms with Gasteiger partial charge in [0.2, 0.25) is 0 Å². The van der Waals surface area contributed by atoms with E-state index < -0.39 is 5.97 Å². The van der Waals surface area contributed by atoms with Crippen LogP contribution in [0.15, 0.2) is 42.5 Å². The Morgan fingerprint density at radius 3 is 2.10 bits per heavy atom. The Balaban J connectivity index is 0.000000370. The van der Waals surface area contributed by atoms with Crippen molar-refractivity contribution in [1.29, 1.82) is 0 Å². The smallest absolute Gasteiger partial charge is 0.340 e. The zero-order chi connectivity index (χ0) is 21.6. The number of aromatic carboxylic acids is 1. The number of carboxylic acid groups (broad SMARTS) is 1. The fraction of sp³-hybridized carbons (Fsp3) is 0.304. The standard InChI is InChI=1S/C17H12ClNO3.C6H15N/c1-9-3-2-4-12-13(9)14(17(21)22)16(20)15(19-12)10-5-7-11(18)8-6-10;1-4-7(5-2)6-3/h2-8,20H,1H3,(H,21,22);4-6H2,1-3H3. The summed E-state index contributed by atoms with van der Waals surface area (Å²) in [7, 11) is 0. The van der Waals surface area contributed by atoms with Crippen LogP contribution in [0.25, 0.3) is 22.2 Å². The summed E-state index contributed by atoms with van der Waals surface area (Å²) < 4.78 is 0. The number of fused-ring (bicyclic) bond motifs is 1. The van der Waals surface area contributed by atoms with Crippen LogP contribution in [-0.4, -0.2) is 45.7 Å². The van der Waals surface area contributed by atoms with Gasteiger partial charge in [0.1, 0.15) is 11.3 Å². The minimum Gasteiger partial charge on any atom is -0.505 e. The van der Waals surface area contributed by atoms with Crippen LogP contribution in [-0.2, 0) is 0 Å². The Morgan fingerprint density at radius 2 is 1.62 bits per heavy atom. The fourth-order valence-corrected chi connectivity index (χ4v) is 3.29. The van der Waals surface area contributed by atoms with Gasteiger partial charge in [0.05, 0.1) is 5.52 Å². The Kier molecular flexibility index (Phi) is 8.00. The Labute approximate surface area is 176 Å². The van der Waals surface area contributed by atoms with Crippen molar-refractivity contribution in [1.82, 2.24) is 9.88 Å². The van der Waals surface area contributed by atoms with Gasteiger partial charge in [0, 0.05) is 16.0 Å². The van der Waals surface area contributed by atoms with Crippen molar-refractivity contribution >= 4 is 28.5 Å². The van der Waals surface area contributed by atoms with E-state index in [4.69, 9.17) is 11.6 Å². The normalized spacial score (nSPS) is 10.7. The summed E-state index contributed by atoms with van der Waals surface area (Å²) >= 11 is 5.86. The molecule has 3 rings (SSSR count). The SMILES string of the molecule is CCN(CC)CC.Cc1cccc2nc(-c3ccc(Cl)cc3)c(O)c(C(=O)O)c12. The number of pyridine rings is 1. The molecule has 2 N–H and O–H groups in total. The van der Waals surface area contributed by atoms with Crippen molar-refractivity contribution in [2.24, 2.45) is 0 Å². The molecule has 29 heavy (non-hydrogen) atoms. The topological polar surface area (TPSA) is 73.7 Å². The Bertz CT molecular complexity index is 978. The van der Waals surface area contributed by atoms with Crippen LogP contribution in [0.4, 0.5) is 0 Å². The second-order valence-corrected chi connectivity index (χ2v) is 7.02. The fourth-order valence-electron chi connectivity index (χ4n) is 3.17. The number of carboxylic acids is 1. The van der Waals surface area contributed by atoms with Gasteiger partial charge in [-0.3, -0.25) is 0 Å². The van der Waals surface area contributed by atoms with Crippen molar-refractivity contribution < 1.29 is 15.0 Å². The molecule has 0 fully saturated rings. The first-order valence-electron chi connectivity index (χ1n) is 9.67. The molecule has 0 spiro atoms. The number of aryl methyl sites for hydroxylation is 1. The first kappa shape index (κ1) is 22.7. The third-order valence-electron chi connectivity index (χ3n) is 4.87. The average molecular weight is 415 g/mol. The molecule has 0 aliphatic carbocycles. The highest BCUT2D eigenvalue weighted by Gasteiger charge is 2.21. The highest BCUT2D eigenvalue weighted by molar-refractivity contribution is 6.30. The molecule has 6 heteroatoms. The lowest BCUT2D eigenvalue weighted by Gasteiger charge is -2.13. The molecule has 0 unspecified atom stereocenters. The predicted molar refractivity (Wildman–Crippen MR) is 119 cm³/mol. The molecular weight excluding hydrogens is 388 g/mol. The molecule has 0 radical (unpaired) electrons. The Morgan fingerprint density at radius 1 is 1.03 bits per heavy atom. The third-order valence-corrected chi connectivity index (χ3v) is 5.12. The van der Waals surface area contributed by atoms with Gasteiger partial charge in [0.15, 0.2) is 5.75 Å². The molecule has 1 aromatic heterocycles. The molecule has 1 heterocycles. The quantitative estimate of drug-likeness (QED) is 0.567. The number of aromatic hydroxyl groups is 1. The number of aromatic nitrogens is 1. The van der Waals surface area contributed by atoms with E-state index in [0.717, 1.165) is 5.56 Å². The van der Waals surface area contributed by atoms with Crippen molar-refractivity contribution in [2.75, 3.05) is 19.6 Å². The van der Waals surface area contributed by atoms with E-state index in [0.29, 0.717) is 21.5 Å². The zero-order valence-electron chi connectivity index (χ0n) is 17.2. The van der Waals surface area contributed by atoms with Gasteiger partial charge in [-0.1, -0.05) is 56.6 Å². The highest BCUT2D eigenvalue weighted by Crippen LogP contribution is 2.36. The van der Waals surface area contributed by atoms with Gasteiger partial charge in [-0.25, -0.2) is 9.78 Å². The molecule has 0 saturated heterocycles. The van der Waals surface area contributed by atoms with E-state index in [1.54, 1.807) is 49.4 Å². The number of hydrogen-bond donors (Lipinski definition) is 2. The summed E-state index contributed by atoms with van der Waals surface area (Å²) in [5.74, 6) is -1.52. The van der Waals surface area contributed by atoms with Crippen LogP contribution < -0.4 is 0 Å². The molecule has 0 aliphatic rings. The largest absolute Gasteiger partial charge is 0.505 e. The number of halogens is 1. The second-order valence-electron chi connectivity index (χ2n) is 6.58. The first-order chi connectivity index (χ1) is 13.8. The van der Waals surface area contributed by atoms with Gasteiger partial charge in [-0.2, -0.15) is 0 Å². The number of nitrogens with zero attached hydrogens (tertiary/aromatic N) is 2. The van der Waals surface area contributed by atoms with E-state index in [1.165, 1.54) is 19.6 Å². The van der Waals surface area contributed by atoms with Crippen molar-refractivity contribution in [3.63, 3.8) is 0 Å². The van der Waals surface area contributed by atoms with Crippen molar-refractivity contribution in [3.8, 4) is 17.0 Å². The Hall–Kier alpha value is -2.63. The maximum absolute atomic E-state index is 11.6. The molecule has 2 aromatic carbocycles. The molecule has 3 aromatic rings. The summed E-state index contributed by atoms with van der Waals surface area (Å²) in [4.78, 5) is 18.4. The second kappa shape index (κ2) is 10.2. The van der Waals surface area contributed by atoms with Gasteiger partial charge in [0.25, 0.3) is 0 Å². The molecule has 0 aliphatic heterocycles. The van der Waals surface area contributed by atoms with Crippen LogP contribution in [0.2, 0.25) is 5.02 Å². The molecule has 0 amide bonds. The maximum Gasteiger partial charge on any atom is 0.340 e. The molecule has 0 bridgehead atoms. The molecular formula is C23H27ClN2O3. The molecule has 0 saturated carbocycles. The number of rotatable bonds is 5. The lowest BCUT2D eigenvalue weighted by Crippen LogP contribution is -2.21. The van der Waals surface area contributed by atoms with Gasteiger partial charge in [-0.05, 0) is 50.3 Å². The van der Waals surface area contributed by atoms with E-state index in [2.05, 4.69) is 30.7 Å². The number of hydrogen-bond acceptors (Lipinski definition) is 4. The highest BCUT2D eigenvalue weighted by atomic mass is 35.5. The molecule has 0 atom stereocenters. The minimum absolute atomic E-state index is 0.131. The number of benzene rings is 2. The van der Waals surface area contributed by atoms with Gasteiger partial charge >= 0.3 is 5.97 Å². The van der Waals surface area contributed by atoms with E-state index >= 15 is 0 Å². The average Bonchev–Trinajstić information content (AvgIpc) is 2.70. The van der Waals surface area contributed by atoms with Crippen LogP contribution >= 0.6 is 11.6 Å². The maximum atomic E-state index is 11.6. The third kappa shape index (κ3) is 5.25. The van der Waals surface area contributed by atoms with E-state index in [-0.39, 0.29) is 17.0 Å². The lowest BCUT2D eigenvalue weighted by molar-refractivity contribution is 0.0696. The summed E-state index contributed by atoms with van der Waals surface area (Å²) in [6.07, 6.45) is 0. The van der Waals surface area contributed by atoms with E-state index in [1.807, 2.05) is 0 Å². The number of carbonyl (C=O) groups is 1. The van der Waals surface area contributed by atoms with Crippen LogP contribution in [0.3, 0.4) is 0 Å². The summed E-state index contributed by atoms with van der Waals surface area (Å²) in [5, 5.41) is 20.9. The van der Waals surface area contributed by atoms with Crippen LogP contribution in [0.1, 0.15) is 36.7 Å². The van der Waals surface area contributed by atoms with E-state index in [9.17, 15) is 15.0 Å². The summed E-state index contributed by atoms with van der Waals surface area (Å²) in [6, 6.07) is 12.0. The van der Waals surface area contributed by atoms with Gasteiger partial charge in [-0.15, -0.1) is 0 Å². The molecule has 154 valence electrons. The zero-order valence-corrected chi connectivity index (χ0v) is 18.0. The van der Waals surface area contributed by atoms with Crippen LogP contribution in [0, 0.1) is 6.92 Å². The monoisotopic (exact) mass is 414 g/mol. The summed E-state index contributed by atoms with van der Waals surface area (Å²) in [5.41, 5.74) is 1.98. The first-order valence-corrected chi connectivity index (χ1v) is 10.1. The summed E-state index contributed by atoms with van der Waals surface area (Å²) in [6.45, 7) is 11.9. The molecule has 5 nitrogen and oxygen atoms in total. The van der Waals surface area contributed by atoms with Crippen molar-refractivity contribution in [3.05, 3.63) is 58.6 Å². The van der Waals surface area contributed by atoms with Gasteiger partial charge < -0.3 is 15.1 Å².